The molecule has 5 nitrogen and oxygen atoms in total. The van der Waals surface area contributed by atoms with E-state index in [9.17, 15) is 13.2 Å². The van der Waals surface area contributed by atoms with Crippen molar-refractivity contribution in [3.05, 3.63) is 0 Å². The molecular formula is C11H22N2O3S. The van der Waals surface area contributed by atoms with Crippen molar-refractivity contribution >= 4 is 15.7 Å². The summed E-state index contributed by atoms with van der Waals surface area (Å²) in [6, 6.07) is -0.0468. The van der Waals surface area contributed by atoms with Gasteiger partial charge in [-0.15, -0.1) is 0 Å². The number of hydrogen-bond acceptors (Lipinski definition) is 4. The van der Waals surface area contributed by atoms with E-state index >= 15 is 0 Å². The number of rotatable bonds is 4. The molecule has 1 heterocycles. The smallest absolute Gasteiger partial charge is 0.222 e. The summed E-state index contributed by atoms with van der Waals surface area (Å²) >= 11 is 0. The minimum Gasteiger partial charge on any atom is -0.340 e. The van der Waals surface area contributed by atoms with Gasteiger partial charge in [0, 0.05) is 25.6 Å². The molecule has 0 radical (unpaired) electrons. The predicted octanol–water partition coefficient (Wildman–Crippen LogP) is 0.00530. The first-order valence-electron chi connectivity index (χ1n) is 5.99. The van der Waals surface area contributed by atoms with Crippen molar-refractivity contribution in [1.29, 1.82) is 0 Å². The molecule has 2 unspecified atom stereocenters. The van der Waals surface area contributed by atoms with E-state index in [0.717, 1.165) is 0 Å². The lowest BCUT2D eigenvalue weighted by molar-refractivity contribution is -0.135. The Kier molecular flexibility index (Phi) is 4.55. The van der Waals surface area contributed by atoms with Gasteiger partial charge in [0.15, 0.2) is 9.84 Å². The summed E-state index contributed by atoms with van der Waals surface area (Å²) < 4.78 is 23.3. The average molecular weight is 262 g/mol. The van der Waals surface area contributed by atoms with Gasteiger partial charge in [-0.3, -0.25) is 4.79 Å². The zero-order chi connectivity index (χ0) is 13.2. The van der Waals surface area contributed by atoms with Crippen LogP contribution < -0.4 is 5.73 Å². The fraction of sp³-hybridized carbons (Fsp3) is 0.909. The highest BCUT2D eigenvalue weighted by atomic mass is 32.2. The molecule has 0 aromatic heterocycles. The molecule has 0 spiro atoms. The number of hydrogen-bond donors (Lipinski definition) is 1. The molecule has 0 bridgehead atoms. The highest BCUT2D eigenvalue weighted by Crippen LogP contribution is 2.17. The van der Waals surface area contributed by atoms with Gasteiger partial charge in [-0.25, -0.2) is 8.42 Å². The Morgan fingerprint density at radius 1 is 1.47 bits per heavy atom. The number of sulfone groups is 1. The second-order valence-electron chi connectivity index (χ2n) is 5.10. The number of carbonyl (C=O) groups is 1. The summed E-state index contributed by atoms with van der Waals surface area (Å²) in [5.74, 6) is 0.218. The van der Waals surface area contributed by atoms with E-state index in [2.05, 4.69) is 0 Å². The molecule has 1 rings (SSSR count). The van der Waals surface area contributed by atoms with Crippen LogP contribution >= 0.6 is 0 Å². The van der Waals surface area contributed by atoms with Crippen molar-refractivity contribution in [2.75, 3.05) is 18.8 Å². The molecule has 1 fully saturated rings. The Hall–Kier alpha value is -0.620. The van der Waals surface area contributed by atoms with Gasteiger partial charge in [-0.1, -0.05) is 6.92 Å². The Morgan fingerprint density at radius 3 is 2.59 bits per heavy atom. The minimum absolute atomic E-state index is 0.0122. The van der Waals surface area contributed by atoms with Gasteiger partial charge in [0.25, 0.3) is 0 Å². The molecule has 6 heteroatoms. The number of nitrogens with zero attached hydrogens (tertiary/aromatic N) is 1. The standard InChI is InChI=1S/C11H22N2O3S/c1-8(2)17(15,16)5-4-13-7-10(12)9(3)6-11(13)14/h8-10H,4-7,12H2,1-3H3. The highest BCUT2D eigenvalue weighted by Gasteiger charge is 2.30. The molecule has 0 aromatic rings. The lowest BCUT2D eigenvalue weighted by Gasteiger charge is -2.34. The largest absolute Gasteiger partial charge is 0.340 e. The first kappa shape index (κ1) is 14.4. The van der Waals surface area contributed by atoms with E-state index in [0.29, 0.717) is 13.0 Å². The maximum absolute atomic E-state index is 11.7. The van der Waals surface area contributed by atoms with Gasteiger partial charge in [-0.2, -0.15) is 0 Å². The second-order valence-corrected chi connectivity index (χ2v) is 7.78. The summed E-state index contributed by atoms with van der Waals surface area (Å²) in [4.78, 5) is 13.3. The Labute approximate surface area is 103 Å². The van der Waals surface area contributed by atoms with E-state index in [4.69, 9.17) is 5.73 Å². The Balaban J connectivity index is 2.56. The molecule has 0 aromatic carbocycles. The fourth-order valence-electron chi connectivity index (χ4n) is 1.78. The number of amides is 1. The molecular weight excluding hydrogens is 240 g/mol. The van der Waals surface area contributed by atoms with E-state index in [-0.39, 0.29) is 30.2 Å². The lowest BCUT2D eigenvalue weighted by Crippen LogP contribution is -2.51. The molecule has 1 aliphatic heterocycles. The number of carbonyl (C=O) groups excluding carboxylic acids is 1. The normalized spacial score (nSPS) is 26.6. The van der Waals surface area contributed by atoms with Gasteiger partial charge in [0.05, 0.1) is 11.0 Å². The maximum Gasteiger partial charge on any atom is 0.222 e. The first-order valence-corrected chi connectivity index (χ1v) is 7.70. The van der Waals surface area contributed by atoms with Crippen LogP contribution in [0, 0.1) is 5.92 Å². The molecule has 1 saturated heterocycles. The van der Waals surface area contributed by atoms with Gasteiger partial charge in [0.1, 0.15) is 0 Å². The minimum atomic E-state index is -3.09. The molecule has 1 aliphatic rings. The van der Waals surface area contributed by atoms with Crippen LogP contribution in [0.3, 0.4) is 0 Å². The quantitative estimate of drug-likeness (QED) is 0.773. The monoisotopic (exact) mass is 262 g/mol. The lowest BCUT2D eigenvalue weighted by atomic mass is 9.94. The molecule has 100 valence electrons. The Morgan fingerprint density at radius 2 is 2.06 bits per heavy atom. The van der Waals surface area contributed by atoms with Gasteiger partial charge in [0.2, 0.25) is 5.91 Å². The van der Waals surface area contributed by atoms with Crippen molar-refractivity contribution in [2.24, 2.45) is 11.7 Å². The maximum atomic E-state index is 11.7. The molecule has 0 aliphatic carbocycles. The summed E-state index contributed by atoms with van der Waals surface area (Å²) in [7, 11) is -3.09. The van der Waals surface area contributed by atoms with Crippen LogP contribution in [0.15, 0.2) is 0 Å². The molecule has 0 saturated carbocycles. The number of piperidine rings is 1. The average Bonchev–Trinajstić information content (AvgIpc) is 2.21. The molecule has 17 heavy (non-hydrogen) atoms. The van der Waals surface area contributed by atoms with Gasteiger partial charge in [-0.05, 0) is 19.8 Å². The van der Waals surface area contributed by atoms with Crippen LogP contribution in [-0.2, 0) is 14.6 Å². The van der Waals surface area contributed by atoms with Crippen LogP contribution in [-0.4, -0.2) is 49.4 Å². The summed E-state index contributed by atoms with van der Waals surface area (Å²) in [5, 5.41) is -0.394. The van der Waals surface area contributed by atoms with Gasteiger partial charge < -0.3 is 10.6 Å². The number of likely N-dealkylation sites (tertiary alicyclic amines) is 1. The predicted molar refractivity (Wildman–Crippen MR) is 67.3 cm³/mol. The van der Waals surface area contributed by atoms with Crippen LogP contribution in [0.2, 0.25) is 0 Å². The van der Waals surface area contributed by atoms with Crippen LogP contribution in [0.25, 0.3) is 0 Å². The zero-order valence-corrected chi connectivity index (χ0v) is 11.5. The van der Waals surface area contributed by atoms with Crippen LogP contribution in [0.1, 0.15) is 27.2 Å². The van der Waals surface area contributed by atoms with Crippen molar-refractivity contribution in [2.45, 2.75) is 38.5 Å². The van der Waals surface area contributed by atoms with E-state index in [1.807, 2.05) is 6.92 Å². The fourth-order valence-corrected chi connectivity index (χ4v) is 2.73. The summed E-state index contributed by atoms with van der Waals surface area (Å²) in [6.07, 6.45) is 0.420. The Bertz CT molecular complexity index is 378. The zero-order valence-electron chi connectivity index (χ0n) is 10.7. The van der Waals surface area contributed by atoms with Crippen molar-refractivity contribution in [3.63, 3.8) is 0 Å². The van der Waals surface area contributed by atoms with E-state index in [1.165, 1.54) is 0 Å². The highest BCUT2D eigenvalue weighted by molar-refractivity contribution is 7.92. The first-order chi connectivity index (χ1) is 7.74. The van der Waals surface area contributed by atoms with Crippen molar-refractivity contribution in [1.82, 2.24) is 4.90 Å². The SMILES string of the molecule is CC1CC(=O)N(CCS(=O)(=O)C(C)C)CC1N. The van der Waals surface area contributed by atoms with Crippen LogP contribution in [0.4, 0.5) is 0 Å². The summed E-state index contributed by atoms with van der Waals surface area (Å²) in [6.45, 7) is 5.99. The second kappa shape index (κ2) is 5.35. The topological polar surface area (TPSA) is 80.5 Å². The summed E-state index contributed by atoms with van der Waals surface area (Å²) in [5.41, 5.74) is 5.89. The van der Waals surface area contributed by atoms with E-state index in [1.54, 1.807) is 18.7 Å². The van der Waals surface area contributed by atoms with Crippen LogP contribution in [0.5, 0.6) is 0 Å². The third-order valence-electron chi connectivity index (χ3n) is 3.38. The third-order valence-corrected chi connectivity index (χ3v) is 5.56. The number of nitrogens with two attached hydrogens (primary N) is 1. The van der Waals surface area contributed by atoms with Crippen molar-refractivity contribution < 1.29 is 13.2 Å². The third kappa shape index (κ3) is 3.67. The molecule has 2 atom stereocenters. The molecule has 1 amide bonds. The van der Waals surface area contributed by atoms with E-state index < -0.39 is 15.1 Å². The molecule has 2 N–H and O–H groups in total. The van der Waals surface area contributed by atoms with Gasteiger partial charge >= 0.3 is 0 Å². The van der Waals surface area contributed by atoms with Crippen molar-refractivity contribution in [3.8, 4) is 0 Å².